The number of hydrogen-bond donors (Lipinski definition) is 1. The Morgan fingerprint density at radius 1 is 1.52 bits per heavy atom. The molecule has 0 spiro atoms. The molecule has 0 unspecified atom stereocenters. The van der Waals surface area contributed by atoms with Gasteiger partial charge in [0.15, 0.2) is 5.16 Å². The number of thioether (sulfide) groups is 1. The average Bonchev–Trinajstić information content (AvgIpc) is 2.37. The monoisotopic (exact) mass is 392 g/mol. The van der Waals surface area contributed by atoms with Gasteiger partial charge in [-0.1, -0.05) is 23.4 Å². The van der Waals surface area contributed by atoms with E-state index in [1.54, 1.807) is 0 Å². The number of benzene rings is 1. The Labute approximate surface area is 135 Å². The van der Waals surface area contributed by atoms with Gasteiger partial charge in [0.05, 0.1) is 16.5 Å². The number of nitrogens with zero attached hydrogens (tertiary/aromatic N) is 2. The van der Waals surface area contributed by atoms with Crippen LogP contribution in [0, 0.1) is 5.82 Å². The van der Waals surface area contributed by atoms with Crippen molar-refractivity contribution in [3.8, 4) is 5.69 Å². The van der Waals surface area contributed by atoms with Crippen LogP contribution >= 0.6 is 39.3 Å². The first-order chi connectivity index (χ1) is 9.88. The van der Waals surface area contributed by atoms with Crippen molar-refractivity contribution in [2.75, 3.05) is 5.75 Å². The van der Waals surface area contributed by atoms with Crippen LogP contribution in [0.25, 0.3) is 5.69 Å². The molecule has 1 aromatic carbocycles. The van der Waals surface area contributed by atoms with Gasteiger partial charge < -0.3 is 5.11 Å². The minimum absolute atomic E-state index is 0.101. The Balaban J connectivity index is 2.58. The summed E-state index contributed by atoms with van der Waals surface area (Å²) in [6.45, 7) is 0. The SMILES string of the molecule is O=C(O)CSc1nc(=O)ccn1-c1c(Cl)cc(F)cc1Br. The molecule has 110 valence electrons. The third kappa shape index (κ3) is 3.84. The molecule has 0 fully saturated rings. The Bertz CT molecular complexity index is 745. The molecule has 0 saturated heterocycles. The fourth-order valence-corrected chi connectivity index (χ4v) is 3.28. The molecule has 0 saturated carbocycles. The van der Waals surface area contributed by atoms with E-state index in [2.05, 4.69) is 20.9 Å². The largest absolute Gasteiger partial charge is 0.481 e. The predicted octanol–water partition coefficient (Wildman–Crippen LogP) is 2.96. The summed E-state index contributed by atoms with van der Waals surface area (Å²) in [5.74, 6) is -1.84. The van der Waals surface area contributed by atoms with E-state index in [-0.39, 0.29) is 15.9 Å². The zero-order chi connectivity index (χ0) is 15.6. The molecule has 0 amide bonds. The smallest absolute Gasteiger partial charge is 0.313 e. The number of hydrogen-bond acceptors (Lipinski definition) is 4. The van der Waals surface area contributed by atoms with E-state index in [0.29, 0.717) is 10.2 Å². The summed E-state index contributed by atoms with van der Waals surface area (Å²) < 4.78 is 15.1. The quantitative estimate of drug-likeness (QED) is 0.639. The van der Waals surface area contributed by atoms with Crippen LogP contribution in [0.5, 0.6) is 0 Å². The van der Waals surface area contributed by atoms with Gasteiger partial charge in [0, 0.05) is 16.7 Å². The highest BCUT2D eigenvalue weighted by Gasteiger charge is 2.15. The number of halogens is 3. The number of carbonyl (C=O) groups is 1. The molecule has 21 heavy (non-hydrogen) atoms. The van der Waals surface area contributed by atoms with Crippen molar-refractivity contribution < 1.29 is 14.3 Å². The van der Waals surface area contributed by atoms with Gasteiger partial charge in [-0.05, 0) is 28.1 Å². The minimum atomic E-state index is -1.05. The molecule has 0 radical (unpaired) electrons. The molecule has 0 atom stereocenters. The van der Waals surface area contributed by atoms with E-state index in [9.17, 15) is 14.0 Å². The summed E-state index contributed by atoms with van der Waals surface area (Å²) in [5.41, 5.74) is -0.132. The van der Waals surface area contributed by atoms with Crippen molar-refractivity contribution in [3.05, 3.63) is 50.1 Å². The van der Waals surface area contributed by atoms with E-state index >= 15 is 0 Å². The van der Waals surface area contributed by atoms with E-state index in [0.717, 1.165) is 17.8 Å². The maximum absolute atomic E-state index is 13.3. The molecule has 2 rings (SSSR count). The topological polar surface area (TPSA) is 72.2 Å². The highest BCUT2D eigenvalue weighted by atomic mass is 79.9. The number of carboxylic acid groups (broad SMARTS) is 1. The number of aliphatic carboxylic acids is 1. The van der Waals surface area contributed by atoms with Crippen LogP contribution in [0.2, 0.25) is 5.02 Å². The van der Waals surface area contributed by atoms with Crippen LogP contribution in [0.1, 0.15) is 0 Å². The lowest BCUT2D eigenvalue weighted by atomic mass is 10.3. The molecule has 1 aromatic heterocycles. The van der Waals surface area contributed by atoms with Crippen molar-refractivity contribution in [1.82, 2.24) is 9.55 Å². The molecule has 1 heterocycles. The van der Waals surface area contributed by atoms with Gasteiger partial charge >= 0.3 is 5.97 Å². The van der Waals surface area contributed by atoms with E-state index in [1.807, 2.05) is 0 Å². The Morgan fingerprint density at radius 2 is 2.24 bits per heavy atom. The van der Waals surface area contributed by atoms with Crippen LogP contribution in [-0.4, -0.2) is 26.4 Å². The lowest BCUT2D eigenvalue weighted by Crippen LogP contribution is -2.14. The third-order valence-corrected chi connectivity index (χ3v) is 4.16. The van der Waals surface area contributed by atoms with Gasteiger partial charge in [-0.3, -0.25) is 14.2 Å². The van der Waals surface area contributed by atoms with Crippen molar-refractivity contribution in [2.24, 2.45) is 0 Å². The lowest BCUT2D eigenvalue weighted by Gasteiger charge is -2.14. The van der Waals surface area contributed by atoms with Crippen LogP contribution < -0.4 is 5.56 Å². The van der Waals surface area contributed by atoms with Crippen molar-refractivity contribution in [1.29, 1.82) is 0 Å². The van der Waals surface area contributed by atoms with Crippen molar-refractivity contribution >= 4 is 45.3 Å². The van der Waals surface area contributed by atoms with Crippen LogP contribution in [0.4, 0.5) is 4.39 Å². The predicted molar refractivity (Wildman–Crippen MR) is 80.9 cm³/mol. The highest BCUT2D eigenvalue weighted by molar-refractivity contribution is 9.10. The second-order valence-electron chi connectivity index (χ2n) is 3.82. The standard InChI is InChI=1S/C12H7BrClFN2O3S/c13-7-3-6(15)4-8(14)11(7)17-2-1-9(18)16-12(17)21-5-10(19)20/h1-4H,5H2,(H,19,20). The van der Waals surface area contributed by atoms with Gasteiger partial charge in [0.25, 0.3) is 5.56 Å². The normalized spacial score (nSPS) is 10.6. The summed E-state index contributed by atoms with van der Waals surface area (Å²) in [6.07, 6.45) is 1.41. The third-order valence-electron chi connectivity index (χ3n) is 2.33. The molecule has 9 heteroatoms. The molecule has 2 aromatic rings. The zero-order valence-corrected chi connectivity index (χ0v) is 13.4. The second kappa shape index (κ2) is 6.59. The van der Waals surface area contributed by atoms with Crippen LogP contribution in [-0.2, 0) is 4.79 Å². The van der Waals surface area contributed by atoms with Crippen molar-refractivity contribution in [3.63, 3.8) is 0 Å². The summed E-state index contributed by atoms with van der Waals surface area (Å²) in [5, 5.41) is 8.98. The summed E-state index contributed by atoms with van der Waals surface area (Å²) in [4.78, 5) is 25.8. The Hall–Kier alpha value is -1.38. The summed E-state index contributed by atoms with van der Waals surface area (Å²) in [7, 11) is 0. The zero-order valence-electron chi connectivity index (χ0n) is 10.2. The highest BCUT2D eigenvalue weighted by Crippen LogP contribution is 2.32. The maximum Gasteiger partial charge on any atom is 0.313 e. The van der Waals surface area contributed by atoms with Gasteiger partial charge in [-0.15, -0.1) is 0 Å². The van der Waals surface area contributed by atoms with E-state index in [1.165, 1.54) is 22.9 Å². The Morgan fingerprint density at radius 3 is 2.86 bits per heavy atom. The maximum atomic E-state index is 13.3. The molecule has 5 nitrogen and oxygen atoms in total. The van der Waals surface area contributed by atoms with E-state index < -0.39 is 17.3 Å². The van der Waals surface area contributed by atoms with Gasteiger partial charge in [0.2, 0.25) is 0 Å². The molecule has 0 aliphatic rings. The average molecular weight is 394 g/mol. The number of rotatable bonds is 4. The first kappa shape index (κ1) is 16.0. The van der Waals surface area contributed by atoms with Gasteiger partial charge in [-0.25, -0.2) is 4.39 Å². The number of aromatic nitrogens is 2. The van der Waals surface area contributed by atoms with Crippen molar-refractivity contribution in [2.45, 2.75) is 5.16 Å². The first-order valence-corrected chi connectivity index (χ1v) is 7.63. The molecular formula is C12H7BrClFN2O3S. The molecular weight excluding hydrogens is 387 g/mol. The van der Waals surface area contributed by atoms with Crippen LogP contribution in [0.15, 0.2) is 38.8 Å². The number of carboxylic acids is 1. The fraction of sp³-hybridized carbons (Fsp3) is 0.0833. The second-order valence-corrected chi connectivity index (χ2v) is 6.02. The first-order valence-electron chi connectivity index (χ1n) is 5.47. The minimum Gasteiger partial charge on any atom is -0.481 e. The lowest BCUT2D eigenvalue weighted by molar-refractivity contribution is -0.133. The molecule has 0 bridgehead atoms. The van der Waals surface area contributed by atoms with Crippen LogP contribution in [0.3, 0.4) is 0 Å². The van der Waals surface area contributed by atoms with E-state index in [4.69, 9.17) is 16.7 Å². The Kier molecular flexibility index (Phi) is 5.02. The molecule has 1 N–H and O–H groups in total. The molecule has 0 aliphatic heterocycles. The van der Waals surface area contributed by atoms with Gasteiger partial charge in [0.1, 0.15) is 5.82 Å². The fourth-order valence-electron chi connectivity index (χ4n) is 1.55. The van der Waals surface area contributed by atoms with Gasteiger partial charge in [-0.2, -0.15) is 4.98 Å². The summed E-state index contributed by atoms with van der Waals surface area (Å²) >= 11 is 10.1. The molecule has 0 aliphatic carbocycles. The summed E-state index contributed by atoms with van der Waals surface area (Å²) in [6, 6.07) is 3.54.